The van der Waals surface area contributed by atoms with Crippen molar-refractivity contribution in [3.05, 3.63) is 94.3 Å². The molecular formula is C32H36ClN7O2. The van der Waals surface area contributed by atoms with Gasteiger partial charge in [0.1, 0.15) is 11.6 Å². The Balaban J connectivity index is 1.24. The second-order valence-corrected chi connectivity index (χ2v) is 12.0. The lowest BCUT2D eigenvalue weighted by atomic mass is 9.92. The molecule has 0 atom stereocenters. The number of amides is 3. The van der Waals surface area contributed by atoms with Crippen LogP contribution in [0, 0.1) is 13.8 Å². The first-order valence-corrected chi connectivity index (χ1v) is 14.4. The van der Waals surface area contributed by atoms with Gasteiger partial charge in [0.2, 0.25) is 0 Å². The van der Waals surface area contributed by atoms with Gasteiger partial charge in [-0.3, -0.25) is 10.1 Å². The maximum Gasteiger partial charge on any atom is 0.324 e. The van der Waals surface area contributed by atoms with E-state index in [9.17, 15) is 9.59 Å². The monoisotopic (exact) mass is 585 g/mol. The number of benzene rings is 2. The average Bonchev–Trinajstić information content (AvgIpc) is 3.39. The summed E-state index contributed by atoms with van der Waals surface area (Å²) in [6, 6.07) is 20.4. The molecule has 2 aromatic carbocycles. The summed E-state index contributed by atoms with van der Waals surface area (Å²) in [6.07, 6.45) is 0. The van der Waals surface area contributed by atoms with Gasteiger partial charge in [0.25, 0.3) is 5.91 Å². The van der Waals surface area contributed by atoms with E-state index in [2.05, 4.69) is 36.3 Å². The van der Waals surface area contributed by atoms with E-state index in [0.717, 1.165) is 22.8 Å². The SMILES string of the molecule is Cc1ccc(-n2nc(C(C)(C)C)cc2NC(=O)Nc2ccc(N3CCN(C(=O)c4ccccc4Cl)CC3)nc2C)cc1. The molecule has 9 nitrogen and oxygen atoms in total. The lowest BCUT2D eigenvalue weighted by molar-refractivity contribution is 0.0746. The number of nitrogens with zero attached hydrogens (tertiary/aromatic N) is 5. The number of nitrogens with one attached hydrogen (secondary N) is 2. The van der Waals surface area contributed by atoms with E-state index in [0.29, 0.717) is 54.0 Å². The van der Waals surface area contributed by atoms with Crippen LogP contribution in [-0.2, 0) is 5.41 Å². The third kappa shape index (κ3) is 6.41. The standard InChI is InChI=1S/C32H36ClN7O2/c1-21-10-12-23(13-11-21)40-29(20-27(37-40)32(3,4)5)36-31(42)35-26-14-15-28(34-22(26)2)38-16-18-39(19-17-38)30(41)24-8-6-7-9-25(24)33/h6-15,20H,16-19H2,1-5H3,(H2,35,36,42). The molecule has 3 amide bonds. The highest BCUT2D eigenvalue weighted by molar-refractivity contribution is 6.33. The average molecular weight is 586 g/mol. The first kappa shape index (κ1) is 29.1. The van der Waals surface area contributed by atoms with Crippen molar-refractivity contribution in [2.45, 2.75) is 40.0 Å². The van der Waals surface area contributed by atoms with Crippen molar-refractivity contribution in [2.24, 2.45) is 0 Å². The Bertz CT molecular complexity index is 1600. The van der Waals surface area contributed by atoms with Crippen molar-refractivity contribution in [1.82, 2.24) is 19.7 Å². The van der Waals surface area contributed by atoms with Gasteiger partial charge < -0.3 is 15.1 Å². The molecule has 0 saturated carbocycles. The number of rotatable bonds is 5. The van der Waals surface area contributed by atoms with Crippen LogP contribution in [0.4, 0.5) is 22.1 Å². The minimum atomic E-state index is -0.381. The molecule has 1 aliphatic rings. The highest BCUT2D eigenvalue weighted by Crippen LogP contribution is 2.27. The molecule has 3 heterocycles. The Morgan fingerprint density at radius 1 is 0.881 bits per heavy atom. The Kier molecular flexibility index (Phi) is 8.22. The summed E-state index contributed by atoms with van der Waals surface area (Å²) in [5, 5.41) is 11.1. The van der Waals surface area contributed by atoms with E-state index in [1.54, 1.807) is 16.8 Å². The van der Waals surface area contributed by atoms with E-state index in [1.807, 2.05) is 73.3 Å². The third-order valence-electron chi connectivity index (χ3n) is 7.31. The predicted octanol–water partition coefficient (Wildman–Crippen LogP) is 6.44. The molecule has 0 unspecified atom stereocenters. The first-order valence-electron chi connectivity index (χ1n) is 14.0. The van der Waals surface area contributed by atoms with Gasteiger partial charge in [0.15, 0.2) is 0 Å². The number of halogens is 1. The van der Waals surface area contributed by atoms with Crippen LogP contribution in [-0.4, -0.2) is 57.8 Å². The quantitative estimate of drug-likeness (QED) is 0.281. The number of carbonyl (C=O) groups excluding carboxylic acids is 2. The van der Waals surface area contributed by atoms with Gasteiger partial charge in [-0.2, -0.15) is 5.10 Å². The fourth-order valence-electron chi connectivity index (χ4n) is 4.79. The molecule has 1 saturated heterocycles. The van der Waals surface area contributed by atoms with Crippen LogP contribution in [0.3, 0.4) is 0 Å². The highest BCUT2D eigenvalue weighted by atomic mass is 35.5. The topological polar surface area (TPSA) is 95.4 Å². The number of pyridine rings is 1. The number of carbonyl (C=O) groups is 2. The van der Waals surface area contributed by atoms with Crippen LogP contribution in [0.1, 0.15) is 48.1 Å². The molecule has 10 heteroatoms. The number of aryl methyl sites for hydroxylation is 2. The molecular weight excluding hydrogens is 550 g/mol. The highest BCUT2D eigenvalue weighted by Gasteiger charge is 2.25. The minimum absolute atomic E-state index is 0.0618. The van der Waals surface area contributed by atoms with Gasteiger partial charge in [-0.25, -0.2) is 14.5 Å². The smallest absolute Gasteiger partial charge is 0.324 e. The van der Waals surface area contributed by atoms with Crippen molar-refractivity contribution in [1.29, 1.82) is 0 Å². The summed E-state index contributed by atoms with van der Waals surface area (Å²) in [4.78, 5) is 34.7. The van der Waals surface area contributed by atoms with Crippen LogP contribution < -0.4 is 15.5 Å². The predicted molar refractivity (Wildman–Crippen MR) is 168 cm³/mol. The van der Waals surface area contributed by atoms with E-state index < -0.39 is 0 Å². The maximum atomic E-state index is 13.1. The lowest BCUT2D eigenvalue weighted by Gasteiger charge is -2.35. The summed E-state index contributed by atoms with van der Waals surface area (Å²) in [5.74, 6) is 1.32. The number of urea groups is 1. The summed E-state index contributed by atoms with van der Waals surface area (Å²) in [6.45, 7) is 12.6. The molecule has 5 rings (SSSR count). The van der Waals surface area contributed by atoms with Crippen LogP contribution in [0.5, 0.6) is 0 Å². The van der Waals surface area contributed by atoms with Gasteiger partial charge in [-0.15, -0.1) is 0 Å². The first-order chi connectivity index (χ1) is 20.0. The second kappa shape index (κ2) is 11.9. The van der Waals surface area contributed by atoms with Gasteiger partial charge in [-0.1, -0.05) is 62.2 Å². The van der Waals surface area contributed by atoms with E-state index in [1.165, 1.54) is 0 Å². The Morgan fingerprint density at radius 2 is 1.57 bits per heavy atom. The summed E-state index contributed by atoms with van der Waals surface area (Å²) in [5.41, 5.74) is 4.52. The van der Waals surface area contributed by atoms with Crippen molar-refractivity contribution in [3.63, 3.8) is 0 Å². The molecule has 2 N–H and O–H groups in total. The van der Waals surface area contributed by atoms with Crippen molar-refractivity contribution < 1.29 is 9.59 Å². The molecule has 42 heavy (non-hydrogen) atoms. The number of hydrogen-bond donors (Lipinski definition) is 2. The van der Waals surface area contributed by atoms with Gasteiger partial charge >= 0.3 is 6.03 Å². The molecule has 4 aromatic rings. The number of aromatic nitrogens is 3. The Labute approximate surface area is 251 Å². The zero-order chi connectivity index (χ0) is 30.0. The Hall–Kier alpha value is -4.37. The molecule has 0 spiro atoms. The van der Waals surface area contributed by atoms with Gasteiger partial charge in [0.05, 0.1) is 33.3 Å². The molecule has 1 aliphatic heterocycles. The second-order valence-electron chi connectivity index (χ2n) is 11.6. The van der Waals surface area contributed by atoms with Gasteiger partial charge in [0, 0.05) is 37.7 Å². The van der Waals surface area contributed by atoms with Crippen molar-refractivity contribution in [2.75, 3.05) is 41.7 Å². The van der Waals surface area contributed by atoms with E-state index >= 15 is 0 Å². The number of hydrogen-bond acceptors (Lipinski definition) is 5. The zero-order valence-electron chi connectivity index (χ0n) is 24.6. The van der Waals surface area contributed by atoms with Crippen molar-refractivity contribution >= 4 is 40.9 Å². The minimum Gasteiger partial charge on any atom is -0.353 e. The van der Waals surface area contributed by atoms with Crippen LogP contribution in [0.15, 0.2) is 66.7 Å². The zero-order valence-corrected chi connectivity index (χ0v) is 25.4. The maximum absolute atomic E-state index is 13.1. The van der Waals surface area contributed by atoms with Crippen LogP contribution in [0.2, 0.25) is 5.02 Å². The largest absolute Gasteiger partial charge is 0.353 e. The molecule has 218 valence electrons. The molecule has 0 radical (unpaired) electrons. The van der Waals surface area contributed by atoms with Crippen LogP contribution in [0.25, 0.3) is 5.69 Å². The van der Waals surface area contributed by atoms with E-state index in [-0.39, 0.29) is 17.4 Å². The fraction of sp³-hybridized carbons (Fsp3) is 0.312. The number of piperazine rings is 1. The van der Waals surface area contributed by atoms with Gasteiger partial charge in [-0.05, 0) is 50.2 Å². The van der Waals surface area contributed by atoms with Crippen molar-refractivity contribution in [3.8, 4) is 5.69 Å². The van der Waals surface area contributed by atoms with Crippen LogP contribution >= 0.6 is 11.6 Å². The molecule has 0 aliphatic carbocycles. The summed E-state index contributed by atoms with van der Waals surface area (Å²) in [7, 11) is 0. The summed E-state index contributed by atoms with van der Waals surface area (Å²) < 4.78 is 1.75. The molecule has 0 bridgehead atoms. The number of anilines is 3. The van der Waals surface area contributed by atoms with E-state index in [4.69, 9.17) is 21.7 Å². The third-order valence-corrected chi connectivity index (χ3v) is 7.64. The molecule has 1 fully saturated rings. The normalized spacial score (nSPS) is 13.7. The fourth-order valence-corrected chi connectivity index (χ4v) is 5.01. The Morgan fingerprint density at radius 3 is 2.21 bits per heavy atom. The lowest BCUT2D eigenvalue weighted by Crippen LogP contribution is -2.49. The summed E-state index contributed by atoms with van der Waals surface area (Å²) >= 11 is 6.23. The molecule has 2 aromatic heterocycles.